The summed E-state index contributed by atoms with van der Waals surface area (Å²) in [7, 11) is 0. The van der Waals surface area contributed by atoms with Crippen LogP contribution in [0.5, 0.6) is 0 Å². The average molecular weight is 676 g/mol. The Bertz CT molecular complexity index is 4780. The van der Waals surface area contributed by atoms with E-state index in [0.29, 0.717) is 0 Å². The van der Waals surface area contributed by atoms with Gasteiger partial charge in [-0.3, -0.25) is 0 Å². The Morgan fingerprint density at radius 3 is 1.61 bits per heavy atom. The van der Waals surface area contributed by atoms with Crippen molar-refractivity contribution >= 4 is 75.8 Å². The quantitative estimate of drug-likeness (QED) is 0.170. The van der Waals surface area contributed by atoms with Gasteiger partial charge in [-0.05, 0) is 93.8 Å². The van der Waals surface area contributed by atoms with Gasteiger partial charge in [-0.1, -0.05) is 169 Å². The summed E-state index contributed by atoms with van der Waals surface area (Å²) in [6.45, 7) is 0. The van der Waals surface area contributed by atoms with Crippen molar-refractivity contribution in [2.24, 2.45) is 0 Å². The van der Waals surface area contributed by atoms with E-state index < -0.39 is 279 Å². The summed E-state index contributed by atoms with van der Waals surface area (Å²) in [4.78, 5) is 0. The molecule has 0 saturated heterocycles. The van der Waals surface area contributed by atoms with Crippen molar-refractivity contribution in [1.29, 1.82) is 0 Å². The van der Waals surface area contributed by atoms with E-state index in [9.17, 15) is 15.1 Å². The third kappa shape index (κ3) is 4.16. The Morgan fingerprint density at radius 1 is 0.353 bits per heavy atom. The Hall–Kier alpha value is -6.70. The van der Waals surface area contributed by atoms with Crippen molar-refractivity contribution < 1.29 is 44.2 Å². The summed E-state index contributed by atoms with van der Waals surface area (Å²) in [6.07, 6.45) is 0. The van der Waals surface area contributed by atoms with Gasteiger partial charge < -0.3 is 4.42 Å². The van der Waals surface area contributed by atoms with E-state index in [2.05, 4.69) is 0 Å². The van der Waals surface area contributed by atoms with E-state index in [1.165, 1.54) is 0 Å². The molecule has 1 heterocycles. The molecule has 11 aromatic rings. The number of rotatable bonds is 3. The van der Waals surface area contributed by atoms with Gasteiger partial charge in [-0.15, -0.1) is 0 Å². The van der Waals surface area contributed by atoms with Crippen molar-refractivity contribution in [3.63, 3.8) is 0 Å². The number of furan rings is 1. The second-order valence-corrected chi connectivity index (χ2v) is 11.3. The number of para-hydroxylation sites is 1. The predicted molar refractivity (Wildman–Crippen MR) is 218 cm³/mol. The molecule has 1 nitrogen and oxygen atoms in total. The smallest absolute Gasteiger partial charge is 0.143 e. The van der Waals surface area contributed by atoms with Crippen LogP contribution in [0.2, 0.25) is 0 Å². The van der Waals surface area contributed by atoms with Crippen molar-refractivity contribution in [2.75, 3.05) is 0 Å². The minimum atomic E-state index is -1.02. The molecule has 0 aliphatic rings. The maximum Gasteiger partial charge on any atom is 0.143 e. The highest BCUT2D eigenvalue weighted by Crippen LogP contribution is 2.47. The van der Waals surface area contributed by atoms with E-state index in [4.69, 9.17) is 29.1 Å². The van der Waals surface area contributed by atoms with Crippen LogP contribution in [0.4, 0.5) is 0 Å². The molecule has 0 aliphatic heterocycles. The SMILES string of the molecule is [2H]c1cc([2H])c2c([2H])c(-c3c([2H])c([2H])c([2H])c4c3oc3c([2H])c([2H])c5c([2H])c([2H])c([2H])c([2H])c5c34)c([2H])c([2H])c2c1-c1c2c([2H])c([2H])c([2H])c([2H])c2c(-c2c([2H])c([2H])c([2H])c3c([2H])c([2H])c([2H])c([2H])c23)c2c([2H])c([2H])c([2H])c([2H])c12. The standard InChI is InChI=1S/C50H30O/c1-3-16-35-31(12-1)14-9-23-39(35)47-41-18-5-7-20-43(41)48(44-21-8-6-19-42(44)47)40-24-10-15-33-30-34(26-28-36(33)40)38-22-11-25-45-49-37-17-4-2-13-32(37)27-29-46(49)51-50(38)45/h1-30H/i1D,2D,3D,4D,5D,6D,7D,8D,9D,11D,12D,13D,14D,15D,16D,17D,18D,19D,20D,21D,22D,23D,24D,25D,26D,27D,28D,29D,30D. The summed E-state index contributed by atoms with van der Waals surface area (Å²) in [6, 6.07) is -24.8. The molecule has 0 saturated carbocycles. The third-order valence-electron chi connectivity index (χ3n) is 8.68. The first kappa shape index (κ1) is 12.0. The number of benzene rings is 10. The van der Waals surface area contributed by atoms with Crippen LogP contribution < -0.4 is 0 Å². The lowest BCUT2D eigenvalue weighted by atomic mass is 9.83. The minimum absolute atomic E-state index is 0.355. The molecule has 0 fully saturated rings. The zero-order valence-corrected chi connectivity index (χ0v) is 25.5. The Balaban J connectivity index is 1.39. The molecule has 0 spiro atoms. The van der Waals surface area contributed by atoms with Gasteiger partial charge in [-0.25, -0.2) is 0 Å². The normalized spacial score (nSPS) is 19.9. The third-order valence-corrected chi connectivity index (χ3v) is 8.68. The molecule has 0 amide bonds. The number of hydrogen-bond acceptors (Lipinski definition) is 1. The van der Waals surface area contributed by atoms with E-state index in [1.54, 1.807) is 0 Å². The lowest BCUT2D eigenvalue weighted by molar-refractivity contribution is 0.670. The maximum absolute atomic E-state index is 9.85. The fourth-order valence-corrected chi connectivity index (χ4v) is 6.56. The van der Waals surface area contributed by atoms with Crippen LogP contribution in [0.3, 0.4) is 0 Å². The first-order valence-corrected chi connectivity index (χ1v) is 15.2. The monoisotopic (exact) mass is 675 g/mol. The van der Waals surface area contributed by atoms with Crippen LogP contribution in [0.15, 0.2) is 186 Å². The van der Waals surface area contributed by atoms with Crippen LogP contribution in [0.1, 0.15) is 39.8 Å². The van der Waals surface area contributed by atoms with E-state index in [0.717, 1.165) is 6.07 Å². The molecule has 1 heteroatoms. The Morgan fingerprint density at radius 2 is 0.882 bits per heavy atom. The average Bonchev–Trinajstić information content (AvgIpc) is 3.88. The van der Waals surface area contributed by atoms with Gasteiger partial charge in [0, 0.05) is 16.3 Å². The summed E-state index contributed by atoms with van der Waals surface area (Å²) >= 11 is 0. The molecule has 1 aromatic heterocycles. The molecule has 0 N–H and O–H groups in total. The highest BCUT2D eigenvalue weighted by molar-refractivity contribution is 6.25. The van der Waals surface area contributed by atoms with Crippen molar-refractivity contribution in [1.82, 2.24) is 0 Å². The van der Waals surface area contributed by atoms with E-state index in [1.807, 2.05) is 0 Å². The molecule has 51 heavy (non-hydrogen) atoms. The second kappa shape index (κ2) is 10.9. The summed E-state index contributed by atoms with van der Waals surface area (Å²) < 4.78 is 269. The van der Waals surface area contributed by atoms with Gasteiger partial charge in [0.2, 0.25) is 0 Å². The van der Waals surface area contributed by atoms with Crippen molar-refractivity contribution in [3.8, 4) is 33.4 Å². The minimum Gasteiger partial charge on any atom is -0.455 e. The summed E-state index contributed by atoms with van der Waals surface area (Å²) in [5.74, 6) is 0. The van der Waals surface area contributed by atoms with Crippen molar-refractivity contribution in [2.45, 2.75) is 0 Å². The zero-order valence-electron chi connectivity index (χ0n) is 54.5. The van der Waals surface area contributed by atoms with E-state index in [-0.39, 0.29) is 5.39 Å². The van der Waals surface area contributed by atoms with Crippen LogP contribution in [0, 0.1) is 0 Å². The molecule has 0 atom stereocenters. The topological polar surface area (TPSA) is 13.1 Å². The molecule has 11 rings (SSSR count). The van der Waals surface area contributed by atoms with Gasteiger partial charge in [0.15, 0.2) is 0 Å². The van der Waals surface area contributed by atoms with Crippen LogP contribution >= 0.6 is 0 Å². The Kier molecular flexibility index (Phi) is 2.56. The fraction of sp³-hybridized carbons (Fsp3) is 0. The molecule has 0 aliphatic carbocycles. The Labute approximate surface area is 335 Å². The van der Waals surface area contributed by atoms with Gasteiger partial charge in [-0.2, -0.15) is 0 Å². The number of hydrogen-bond donors (Lipinski definition) is 0. The number of fused-ring (bicyclic) bond motifs is 9. The molecular formula is C50H30O. The zero-order chi connectivity index (χ0) is 58.7. The highest BCUT2D eigenvalue weighted by atomic mass is 16.3. The molecule has 0 bridgehead atoms. The lowest BCUT2D eigenvalue weighted by Gasteiger charge is -2.19. The molecule has 0 radical (unpaired) electrons. The lowest BCUT2D eigenvalue weighted by Crippen LogP contribution is -1.92. The van der Waals surface area contributed by atoms with Gasteiger partial charge in [0.1, 0.15) is 11.2 Å². The second-order valence-electron chi connectivity index (χ2n) is 11.3. The van der Waals surface area contributed by atoms with Crippen molar-refractivity contribution in [3.05, 3.63) is 181 Å². The van der Waals surface area contributed by atoms with Crippen LogP contribution in [0.25, 0.3) is 109 Å². The largest absolute Gasteiger partial charge is 0.455 e. The van der Waals surface area contributed by atoms with E-state index >= 15 is 0 Å². The first-order chi connectivity index (χ1) is 37.4. The van der Waals surface area contributed by atoms with Gasteiger partial charge in [0.25, 0.3) is 0 Å². The maximum atomic E-state index is 9.85. The summed E-state index contributed by atoms with van der Waals surface area (Å²) in [5.41, 5.74) is -5.29. The first-order valence-electron chi connectivity index (χ1n) is 29.7. The molecular weight excluding hydrogens is 617 g/mol. The van der Waals surface area contributed by atoms with Gasteiger partial charge in [0.05, 0.1) is 39.8 Å². The molecule has 236 valence electrons. The van der Waals surface area contributed by atoms with Crippen LogP contribution in [-0.4, -0.2) is 0 Å². The van der Waals surface area contributed by atoms with Gasteiger partial charge >= 0.3 is 0 Å². The summed E-state index contributed by atoms with van der Waals surface area (Å²) in [5, 5.41) is -7.08. The fourth-order valence-electron chi connectivity index (χ4n) is 6.56. The highest BCUT2D eigenvalue weighted by Gasteiger charge is 2.20. The predicted octanol–water partition coefficient (Wildman–Crippen LogP) is 14.4. The molecule has 10 aromatic carbocycles. The van der Waals surface area contributed by atoms with Crippen LogP contribution in [-0.2, 0) is 0 Å². The molecule has 0 unspecified atom stereocenters.